The number of hydrogen-bond donors (Lipinski definition) is 0. The van der Waals surface area contributed by atoms with Crippen molar-refractivity contribution in [3.63, 3.8) is 0 Å². The summed E-state index contributed by atoms with van der Waals surface area (Å²) in [4.78, 5) is 16.9. The Kier molecular flexibility index (Phi) is 5.76. The van der Waals surface area contributed by atoms with Crippen molar-refractivity contribution < 1.29 is 14.3 Å². The van der Waals surface area contributed by atoms with Crippen molar-refractivity contribution in [2.45, 2.75) is 26.4 Å². The number of nitrogens with zero attached hydrogens (tertiary/aromatic N) is 2. The Balaban J connectivity index is 1.49. The molecular weight excluding hydrogens is 364 g/mol. The molecule has 0 N–H and O–H groups in total. The molecular formula is C24H30N2O3. The number of rotatable bonds is 6. The number of ether oxygens (including phenoxy) is 2. The second-order valence-electron chi connectivity index (χ2n) is 8.06. The number of hydrogen-bond acceptors (Lipinski definition) is 4. The Morgan fingerprint density at radius 1 is 1.07 bits per heavy atom. The zero-order valence-corrected chi connectivity index (χ0v) is 17.5. The summed E-state index contributed by atoms with van der Waals surface area (Å²) in [5.41, 5.74) is 2.48. The van der Waals surface area contributed by atoms with Gasteiger partial charge in [0.25, 0.3) is 0 Å². The number of benzene rings is 2. The quantitative estimate of drug-likeness (QED) is 0.748. The highest BCUT2D eigenvalue weighted by Gasteiger charge is 2.48. The Bertz CT molecular complexity index is 854. The summed E-state index contributed by atoms with van der Waals surface area (Å²) in [5, 5.41) is 0. The molecule has 0 radical (unpaired) electrons. The van der Waals surface area contributed by atoms with Crippen molar-refractivity contribution in [2.24, 2.45) is 11.8 Å². The van der Waals surface area contributed by atoms with E-state index in [4.69, 9.17) is 9.47 Å². The van der Waals surface area contributed by atoms with Crippen molar-refractivity contribution in [3.05, 3.63) is 59.7 Å². The van der Waals surface area contributed by atoms with Gasteiger partial charge in [0, 0.05) is 39.0 Å². The van der Waals surface area contributed by atoms with Crippen LogP contribution >= 0.6 is 0 Å². The van der Waals surface area contributed by atoms with E-state index in [1.807, 2.05) is 19.1 Å². The monoisotopic (exact) mass is 394 g/mol. The fraction of sp³-hybridized carbons (Fsp3) is 0.458. The molecule has 2 heterocycles. The van der Waals surface area contributed by atoms with Gasteiger partial charge in [0.05, 0.1) is 19.8 Å². The molecule has 0 saturated carbocycles. The highest BCUT2D eigenvalue weighted by Crippen LogP contribution is 2.45. The smallest absolute Gasteiger partial charge is 0.219 e. The van der Waals surface area contributed by atoms with Gasteiger partial charge < -0.3 is 14.4 Å². The van der Waals surface area contributed by atoms with Crippen LogP contribution < -0.4 is 9.47 Å². The normalized spacial score (nSPS) is 23.8. The molecule has 0 unspecified atom stereocenters. The van der Waals surface area contributed by atoms with Crippen molar-refractivity contribution >= 4 is 5.91 Å². The summed E-state index contributed by atoms with van der Waals surface area (Å²) in [6, 6.07) is 16.9. The lowest BCUT2D eigenvalue weighted by Crippen LogP contribution is -2.34. The maximum atomic E-state index is 12.3. The van der Waals surface area contributed by atoms with Crippen LogP contribution in [0.25, 0.3) is 0 Å². The van der Waals surface area contributed by atoms with Crippen LogP contribution in [0, 0.1) is 11.8 Å². The molecule has 0 spiro atoms. The van der Waals surface area contributed by atoms with E-state index in [9.17, 15) is 4.79 Å². The molecule has 29 heavy (non-hydrogen) atoms. The molecule has 3 atom stereocenters. The first-order valence-electron chi connectivity index (χ1n) is 10.4. The first-order valence-corrected chi connectivity index (χ1v) is 10.4. The third-order valence-electron chi connectivity index (χ3n) is 6.22. The number of carbonyl (C=O) groups is 1. The maximum absolute atomic E-state index is 12.3. The van der Waals surface area contributed by atoms with Crippen LogP contribution in [0.5, 0.6) is 11.5 Å². The standard InChI is InChI=1S/C24H30N2O3/c1-4-29-22-11-10-18(12-23(22)28-3)13-25-14-20-15-26(17(2)27)24(21(20)16-25)19-8-6-5-7-9-19/h5-12,20-21,24H,4,13-16H2,1-3H3/t20-,21-,24-/m1/s1. The molecule has 2 aromatic rings. The molecule has 2 aliphatic rings. The van der Waals surface area contributed by atoms with Crippen molar-refractivity contribution in [3.8, 4) is 11.5 Å². The van der Waals surface area contributed by atoms with Crippen LogP contribution in [0.2, 0.25) is 0 Å². The van der Waals surface area contributed by atoms with Gasteiger partial charge in [-0.15, -0.1) is 0 Å². The minimum Gasteiger partial charge on any atom is -0.493 e. The summed E-state index contributed by atoms with van der Waals surface area (Å²) in [5.74, 6) is 2.75. The zero-order chi connectivity index (χ0) is 20.4. The fourth-order valence-corrected chi connectivity index (χ4v) is 5.01. The first kappa shape index (κ1) is 19.8. The van der Waals surface area contributed by atoms with Crippen molar-refractivity contribution in [1.82, 2.24) is 9.80 Å². The summed E-state index contributed by atoms with van der Waals surface area (Å²) >= 11 is 0. The van der Waals surface area contributed by atoms with Crippen LogP contribution in [0.15, 0.2) is 48.5 Å². The lowest BCUT2D eigenvalue weighted by atomic mass is 9.89. The molecule has 0 bridgehead atoms. The zero-order valence-electron chi connectivity index (χ0n) is 17.5. The molecule has 0 aromatic heterocycles. The number of carbonyl (C=O) groups excluding carboxylic acids is 1. The molecule has 4 rings (SSSR count). The average molecular weight is 395 g/mol. The molecule has 2 saturated heterocycles. The fourth-order valence-electron chi connectivity index (χ4n) is 5.01. The van der Waals surface area contributed by atoms with Gasteiger partial charge in [0.2, 0.25) is 5.91 Å². The van der Waals surface area contributed by atoms with E-state index in [-0.39, 0.29) is 11.9 Å². The van der Waals surface area contributed by atoms with Gasteiger partial charge in [0.1, 0.15) is 0 Å². The van der Waals surface area contributed by atoms with Gasteiger partial charge in [-0.05, 0) is 36.1 Å². The topological polar surface area (TPSA) is 42.0 Å². The van der Waals surface area contributed by atoms with Crippen LogP contribution in [0.3, 0.4) is 0 Å². The second-order valence-corrected chi connectivity index (χ2v) is 8.06. The number of methoxy groups -OCH3 is 1. The molecule has 1 amide bonds. The lowest BCUT2D eigenvalue weighted by molar-refractivity contribution is -0.130. The molecule has 0 aliphatic carbocycles. The average Bonchev–Trinajstić information content (AvgIpc) is 3.27. The molecule has 2 fully saturated rings. The Labute approximate surface area is 173 Å². The minimum atomic E-state index is 0.177. The lowest BCUT2D eigenvalue weighted by Gasteiger charge is -2.29. The van der Waals surface area contributed by atoms with Crippen LogP contribution in [0.1, 0.15) is 31.0 Å². The van der Waals surface area contributed by atoms with Crippen LogP contribution in [-0.4, -0.2) is 49.1 Å². The summed E-state index contributed by atoms with van der Waals surface area (Å²) in [7, 11) is 1.68. The second kappa shape index (κ2) is 8.46. The largest absolute Gasteiger partial charge is 0.493 e. The van der Waals surface area contributed by atoms with Gasteiger partial charge in [0.15, 0.2) is 11.5 Å². The number of fused-ring (bicyclic) bond motifs is 1. The van der Waals surface area contributed by atoms with E-state index < -0.39 is 0 Å². The molecule has 2 aromatic carbocycles. The minimum absolute atomic E-state index is 0.177. The van der Waals surface area contributed by atoms with E-state index in [1.165, 1.54) is 11.1 Å². The molecule has 2 aliphatic heterocycles. The molecule has 5 heteroatoms. The summed E-state index contributed by atoms with van der Waals surface area (Å²) < 4.78 is 11.1. The molecule has 154 valence electrons. The highest BCUT2D eigenvalue weighted by atomic mass is 16.5. The van der Waals surface area contributed by atoms with Gasteiger partial charge in [-0.3, -0.25) is 9.69 Å². The van der Waals surface area contributed by atoms with Gasteiger partial charge in [-0.1, -0.05) is 36.4 Å². The predicted octanol–water partition coefficient (Wildman–Crippen LogP) is 3.75. The van der Waals surface area contributed by atoms with E-state index in [0.29, 0.717) is 18.4 Å². The van der Waals surface area contributed by atoms with Crippen molar-refractivity contribution in [1.29, 1.82) is 0 Å². The summed E-state index contributed by atoms with van der Waals surface area (Å²) in [6.07, 6.45) is 0. The maximum Gasteiger partial charge on any atom is 0.219 e. The Morgan fingerprint density at radius 2 is 1.86 bits per heavy atom. The van der Waals surface area contributed by atoms with E-state index in [2.05, 4.69) is 46.2 Å². The SMILES string of the molecule is CCOc1ccc(CN2C[C@@H]3CN(C(C)=O)[C@H](c4ccccc4)[C@@H]3C2)cc1OC. The third kappa shape index (κ3) is 3.97. The highest BCUT2D eigenvalue weighted by molar-refractivity contribution is 5.74. The number of likely N-dealkylation sites (tertiary alicyclic amines) is 2. The van der Waals surface area contributed by atoms with Gasteiger partial charge >= 0.3 is 0 Å². The Morgan fingerprint density at radius 3 is 2.55 bits per heavy atom. The number of amides is 1. The summed E-state index contributed by atoms with van der Waals surface area (Å²) in [6.45, 7) is 8.06. The van der Waals surface area contributed by atoms with Gasteiger partial charge in [-0.2, -0.15) is 0 Å². The predicted molar refractivity (Wildman–Crippen MR) is 113 cm³/mol. The molecule has 5 nitrogen and oxygen atoms in total. The Hall–Kier alpha value is -2.53. The van der Waals surface area contributed by atoms with Gasteiger partial charge in [-0.25, -0.2) is 0 Å². The van der Waals surface area contributed by atoms with E-state index in [1.54, 1.807) is 14.0 Å². The van der Waals surface area contributed by atoms with Crippen LogP contribution in [-0.2, 0) is 11.3 Å². The van der Waals surface area contributed by atoms with E-state index in [0.717, 1.165) is 37.7 Å². The van der Waals surface area contributed by atoms with Crippen molar-refractivity contribution in [2.75, 3.05) is 33.4 Å². The van der Waals surface area contributed by atoms with Crippen LogP contribution in [0.4, 0.5) is 0 Å². The van der Waals surface area contributed by atoms with E-state index >= 15 is 0 Å². The first-order chi connectivity index (χ1) is 14.1. The third-order valence-corrected chi connectivity index (χ3v) is 6.22.